The number of pyridine rings is 1. The van der Waals surface area contributed by atoms with Gasteiger partial charge in [0.15, 0.2) is 0 Å². The van der Waals surface area contributed by atoms with E-state index in [1.807, 2.05) is 13.2 Å². The molecule has 0 bridgehead atoms. The summed E-state index contributed by atoms with van der Waals surface area (Å²) in [5.41, 5.74) is 1.31. The molecule has 4 nitrogen and oxygen atoms in total. The van der Waals surface area contributed by atoms with Crippen LogP contribution in [-0.4, -0.2) is 49.2 Å². The molecule has 0 saturated carbocycles. The van der Waals surface area contributed by atoms with Crippen LogP contribution in [0.5, 0.6) is 0 Å². The van der Waals surface area contributed by atoms with Crippen molar-refractivity contribution in [2.75, 3.05) is 38.1 Å². The molecule has 112 valence electrons. The average molecular weight is 276 g/mol. The van der Waals surface area contributed by atoms with E-state index in [1.54, 1.807) is 0 Å². The Balaban J connectivity index is 2.06. The predicted molar refractivity (Wildman–Crippen MR) is 85.3 cm³/mol. The summed E-state index contributed by atoms with van der Waals surface area (Å²) < 4.78 is 0. The number of nitrogens with zero attached hydrogens (tertiary/aromatic N) is 3. The van der Waals surface area contributed by atoms with Gasteiger partial charge in [0, 0.05) is 31.4 Å². The van der Waals surface area contributed by atoms with E-state index in [2.05, 4.69) is 53.0 Å². The van der Waals surface area contributed by atoms with E-state index in [9.17, 15) is 0 Å². The molecule has 2 heterocycles. The predicted octanol–water partition coefficient (Wildman–Crippen LogP) is 2.28. The molecule has 0 radical (unpaired) electrons. The lowest BCUT2D eigenvalue weighted by Crippen LogP contribution is -2.37. The highest BCUT2D eigenvalue weighted by Crippen LogP contribution is 2.23. The van der Waals surface area contributed by atoms with Crippen molar-refractivity contribution in [2.45, 2.75) is 39.3 Å². The van der Waals surface area contributed by atoms with Gasteiger partial charge < -0.3 is 10.2 Å². The number of anilines is 1. The zero-order chi connectivity index (χ0) is 14.5. The van der Waals surface area contributed by atoms with E-state index in [0.29, 0.717) is 12.1 Å². The number of hydrogen-bond donors (Lipinski definition) is 1. The van der Waals surface area contributed by atoms with E-state index in [1.165, 1.54) is 12.0 Å². The van der Waals surface area contributed by atoms with Crippen LogP contribution in [0, 0.1) is 0 Å². The number of hydrogen-bond acceptors (Lipinski definition) is 4. The quantitative estimate of drug-likeness (QED) is 0.864. The van der Waals surface area contributed by atoms with Crippen LogP contribution >= 0.6 is 0 Å². The molecule has 2 atom stereocenters. The van der Waals surface area contributed by atoms with Crippen LogP contribution in [0.3, 0.4) is 0 Å². The summed E-state index contributed by atoms with van der Waals surface area (Å²) in [6.07, 6.45) is 3.18. The Kier molecular flexibility index (Phi) is 5.38. The Morgan fingerprint density at radius 1 is 1.45 bits per heavy atom. The molecule has 0 amide bonds. The van der Waals surface area contributed by atoms with Crippen LogP contribution in [0.25, 0.3) is 0 Å². The summed E-state index contributed by atoms with van der Waals surface area (Å²) >= 11 is 0. The summed E-state index contributed by atoms with van der Waals surface area (Å²) in [5.74, 6) is 1.12. The molecule has 2 unspecified atom stereocenters. The molecule has 0 spiro atoms. The van der Waals surface area contributed by atoms with Crippen molar-refractivity contribution in [2.24, 2.45) is 0 Å². The highest BCUT2D eigenvalue weighted by atomic mass is 15.3. The van der Waals surface area contributed by atoms with Gasteiger partial charge in [0.1, 0.15) is 5.82 Å². The van der Waals surface area contributed by atoms with Crippen molar-refractivity contribution in [3.63, 3.8) is 0 Å². The largest absolute Gasteiger partial charge is 0.355 e. The maximum atomic E-state index is 4.56. The molecular weight excluding hydrogens is 248 g/mol. The first-order chi connectivity index (χ1) is 9.69. The van der Waals surface area contributed by atoms with Crippen LogP contribution in [0.15, 0.2) is 18.3 Å². The molecule has 1 aliphatic rings. The molecule has 1 aliphatic heterocycles. The van der Waals surface area contributed by atoms with Crippen molar-refractivity contribution in [1.82, 2.24) is 15.2 Å². The summed E-state index contributed by atoms with van der Waals surface area (Å²) in [6, 6.07) is 5.38. The molecule has 0 aliphatic carbocycles. The second-order valence-corrected chi connectivity index (χ2v) is 5.57. The minimum Gasteiger partial charge on any atom is -0.355 e. The number of nitrogens with one attached hydrogen (secondary N) is 1. The summed E-state index contributed by atoms with van der Waals surface area (Å²) in [4.78, 5) is 9.54. The zero-order valence-electron chi connectivity index (χ0n) is 13.3. The van der Waals surface area contributed by atoms with Crippen LogP contribution in [0.4, 0.5) is 5.82 Å². The fourth-order valence-electron chi connectivity index (χ4n) is 3.03. The van der Waals surface area contributed by atoms with Crippen LogP contribution in [-0.2, 0) is 0 Å². The topological polar surface area (TPSA) is 31.4 Å². The molecule has 1 N–H and O–H groups in total. The van der Waals surface area contributed by atoms with E-state index in [4.69, 9.17) is 0 Å². The van der Waals surface area contributed by atoms with Gasteiger partial charge in [0.05, 0.1) is 0 Å². The van der Waals surface area contributed by atoms with Crippen molar-refractivity contribution < 1.29 is 0 Å². The van der Waals surface area contributed by atoms with Gasteiger partial charge >= 0.3 is 0 Å². The van der Waals surface area contributed by atoms with Gasteiger partial charge in [-0.15, -0.1) is 0 Å². The molecule has 1 fully saturated rings. The fourth-order valence-corrected chi connectivity index (χ4v) is 3.03. The number of rotatable bonds is 6. The highest BCUT2D eigenvalue weighted by Gasteiger charge is 2.27. The number of aromatic nitrogens is 1. The molecular formula is C16H28N4. The van der Waals surface area contributed by atoms with Crippen molar-refractivity contribution in [1.29, 1.82) is 0 Å². The Morgan fingerprint density at radius 2 is 2.20 bits per heavy atom. The van der Waals surface area contributed by atoms with E-state index in [0.717, 1.165) is 32.0 Å². The lowest BCUT2D eigenvalue weighted by Gasteiger charge is -2.26. The smallest absolute Gasteiger partial charge is 0.128 e. The maximum absolute atomic E-state index is 4.56. The van der Waals surface area contributed by atoms with Gasteiger partial charge in [0.25, 0.3) is 0 Å². The fraction of sp³-hybridized carbons (Fsp3) is 0.688. The molecule has 1 aromatic rings. The zero-order valence-corrected chi connectivity index (χ0v) is 13.3. The molecule has 0 aromatic carbocycles. The Morgan fingerprint density at radius 3 is 2.85 bits per heavy atom. The lowest BCUT2D eigenvalue weighted by atomic mass is 10.1. The van der Waals surface area contributed by atoms with Gasteiger partial charge in [-0.2, -0.15) is 0 Å². The van der Waals surface area contributed by atoms with Gasteiger partial charge in [-0.1, -0.05) is 13.8 Å². The standard InChI is InChI=1S/C16H28N4/c1-5-19(6-2)15-8-10-20(12-15)16-11-14(7-9-18-16)13(3)17-4/h7,9,11,13,15,17H,5-6,8,10,12H2,1-4H3. The minimum absolute atomic E-state index is 0.373. The Hall–Kier alpha value is -1.13. The Bertz CT molecular complexity index is 417. The van der Waals surface area contributed by atoms with Gasteiger partial charge in [-0.3, -0.25) is 4.90 Å². The summed E-state index contributed by atoms with van der Waals surface area (Å²) in [6.45, 7) is 11.2. The molecule has 2 rings (SSSR count). The third kappa shape index (κ3) is 3.30. The van der Waals surface area contributed by atoms with Crippen LogP contribution < -0.4 is 10.2 Å². The first-order valence-corrected chi connectivity index (χ1v) is 7.81. The molecule has 1 aromatic heterocycles. The van der Waals surface area contributed by atoms with E-state index >= 15 is 0 Å². The van der Waals surface area contributed by atoms with Crippen molar-refractivity contribution >= 4 is 5.82 Å². The summed E-state index contributed by atoms with van der Waals surface area (Å²) in [7, 11) is 2.00. The van der Waals surface area contributed by atoms with Gasteiger partial charge in [-0.25, -0.2) is 4.98 Å². The third-order valence-electron chi connectivity index (χ3n) is 4.52. The highest BCUT2D eigenvalue weighted by molar-refractivity contribution is 5.43. The van der Waals surface area contributed by atoms with Crippen LogP contribution in [0.1, 0.15) is 38.8 Å². The maximum Gasteiger partial charge on any atom is 0.128 e. The first kappa shape index (κ1) is 15.3. The van der Waals surface area contributed by atoms with E-state index in [-0.39, 0.29) is 0 Å². The monoisotopic (exact) mass is 276 g/mol. The van der Waals surface area contributed by atoms with Crippen LogP contribution in [0.2, 0.25) is 0 Å². The summed E-state index contributed by atoms with van der Waals surface area (Å²) in [5, 5.41) is 3.29. The van der Waals surface area contributed by atoms with Gasteiger partial charge in [0.2, 0.25) is 0 Å². The molecule has 20 heavy (non-hydrogen) atoms. The average Bonchev–Trinajstić information content (AvgIpc) is 2.97. The van der Waals surface area contributed by atoms with Crippen molar-refractivity contribution in [3.8, 4) is 0 Å². The normalized spacial score (nSPS) is 20.6. The second-order valence-electron chi connectivity index (χ2n) is 5.57. The van der Waals surface area contributed by atoms with Gasteiger partial charge in [-0.05, 0) is 51.2 Å². The molecule has 4 heteroatoms. The number of likely N-dealkylation sites (N-methyl/N-ethyl adjacent to an activating group) is 1. The van der Waals surface area contributed by atoms with E-state index < -0.39 is 0 Å². The third-order valence-corrected chi connectivity index (χ3v) is 4.52. The lowest BCUT2D eigenvalue weighted by molar-refractivity contribution is 0.232. The van der Waals surface area contributed by atoms with Crippen molar-refractivity contribution in [3.05, 3.63) is 23.9 Å². The minimum atomic E-state index is 0.373. The first-order valence-electron chi connectivity index (χ1n) is 7.81. The SMILES string of the molecule is CCN(CC)C1CCN(c2cc(C(C)NC)ccn2)C1. The second kappa shape index (κ2) is 7.04. The Labute approximate surface area is 123 Å². The molecule has 1 saturated heterocycles.